The summed E-state index contributed by atoms with van der Waals surface area (Å²) >= 11 is 3.47. The lowest BCUT2D eigenvalue weighted by Crippen LogP contribution is -1.89. The molecule has 0 saturated heterocycles. The third kappa shape index (κ3) is 2.90. The minimum atomic E-state index is 0.431. The number of hydrogen-bond donors (Lipinski definition) is 0. The van der Waals surface area contributed by atoms with Crippen LogP contribution in [0.3, 0.4) is 0 Å². The number of carbonyl (C=O) groups excluding carboxylic acids is 1. The van der Waals surface area contributed by atoms with E-state index in [4.69, 9.17) is 5.26 Å². The molecule has 0 bridgehead atoms. The van der Waals surface area contributed by atoms with Crippen molar-refractivity contribution in [1.29, 1.82) is 5.26 Å². The van der Waals surface area contributed by atoms with E-state index < -0.39 is 0 Å². The summed E-state index contributed by atoms with van der Waals surface area (Å²) in [4.78, 5) is 9.18. The highest BCUT2D eigenvalue weighted by Gasteiger charge is 2.09. The molecule has 0 saturated carbocycles. The van der Waals surface area contributed by atoms with E-state index in [1.165, 1.54) is 0 Å². The van der Waals surface area contributed by atoms with Crippen molar-refractivity contribution in [3.63, 3.8) is 0 Å². The van der Waals surface area contributed by atoms with Gasteiger partial charge in [-0.25, -0.2) is 0 Å². The highest BCUT2D eigenvalue weighted by Crippen LogP contribution is 2.29. The number of benzene rings is 1. The second-order valence-electron chi connectivity index (χ2n) is 3.40. The van der Waals surface area contributed by atoms with E-state index in [-0.39, 0.29) is 0 Å². The number of para-hydroxylation sites is 1. The Morgan fingerprint density at radius 2 is 2.17 bits per heavy atom. The first kappa shape index (κ1) is 14.3. The molecule has 2 rings (SSSR count). The van der Waals surface area contributed by atoms with Crippen molar-refractivity contribution >= 4 is 33.3 Å². The molecule has 1 heterocycles. The van der Waals surface area contributed by atoms with E-state index in [9.17, 15) is 4.79 Å². The topological polar surface area (TPSA) is 55.0 Å². The van der Waals surface area contributed by atoms with Gasteiger partial charge in [0.15, 0.2) is 6.19 Å². The van der Waals surface area contributed by atoms with E-state index >= 15 is 0 Å². The summed E-state index contributed by atoms with van der Waals surface area (Å²) in [5.41, 5.74) is 1.90. The molecule has 5 heteroatoms. The van der Waals surface area contributed by atoms with Gasteiger partial charge in [0.25, 0.3) is 6.47 Å². The molecule has 0 amide bonds. The van der Waals surface area contributed by atoms with Crippen molar-refractivity contribution in [2.24, 2.45) is 0 Å². The molecule has 0 fully saturated rings. The van der Waals surface area contributed by atoms with Crippen molar-refractivity contribution in [3.8, 4) is 6.19 Å². The van der Waals surface area contributed by atoms with E-state index in [2.05, 4.69) is 26.9 Å². The lowest BCUT2D eigenvalue weighted by atomic mass is 10.2. The molecule has 0 radical (unpaired) electrons. The smallest absolute Gasteiger partial charge is 0.293 e. The summed E-state index contributed by atoms with van der Waals surface area (Å²) in [5.74, 6) is 0. The number of fused-ring (bicyclic) bond motifs is 1. The van der Waals surface area contributed by atoms with Crippen molar-refractivity contribution in [1.82, 2.24) is 4.57 Å². The van der Waals surface area contributed by atoms with Crippen LogP contribution in [-0.4, -0.2) is 17.6 Å². The fraction of sp³-hybridized carbons (Fsp3) is 0.231. The zero-order valence-corrected chi connectivity index (χ0v) is 11.8. The Kier molecular flexibility index (Phi) is 5.40. The van der Waals surface area contributed by atoms with Crippen molar-refractivity contribution in [3.05, 3.63) is 34.4 Å². The summed E-state index contributed by atoms with van der Waals surface area (Å²) in [5, 5.41) is 10.0. The Bertz CT molecular complexity index is 584. The maximum Gasteiger partial charge on any atom is 0.293 e. The zero-order chi connectivity index (χ0) is 13.5. The van der Waals surface area contributed by atoms with Crippen LogP contribution in [0.15, 0.2) is 28.7 Å². The maximum atomic E-state index is 9.18. The second kappa shape index (κ2) is 6.82. The fourth-order valence-corrected chi connectivity index (χ4v) is 2.04. The van der Waals surface area contributed by atoms with Crippen LogP contribution in [0.25, 0.3) is 10.9 Å². The monoisotopic (exact) mass is 308 g/mol. The lowest BCUT2D eigenvalue weighted by molar-refractivity contribution is -0.128. The van der Waals surface area contributed by atoms with Crippen molar-refractivity contribution in [2.75, 3.05) is 6.61 Å². The van der Waals surface area contributed by atoms with Gasteiger partial charge in [-0.2, -0.15) is 5.26 Å². The van der Waals surface area contributed by atoms with Crippen LogP contribution in [0, 0.1) is 18.4 Å². The number of ether oxygens (including phenoxy) is 1. The molecule has 0 aliphatic heterocycles. The minimum Gasteiger partial charge on any atom is -0.468 e. The Hall–Kier alpha value is -1.80. The Morgan fingerprint density at radius 3 is 2.67 bits per heavy atom. The Labute approximate surface area is 114 Å². The molecule has 0 aliphatic rings. The number of carbonyl (C=O) groups is 1. The van der Waals surface area contributed by atoms with Gasteiger partial charge in [-0.1, -0.05) is 18.2 Å². The largest absolute Gasteiger partial charge is 0.468 e. The first-order chi connectivity index (χ1) is 8.67. The first-order valence-electron chi connectivity index (χ1n) is 5.38. The SMILES string of the molecule is CCOC=O.Cc1c(Br)c2ccccc2n1C#N. The predicted molar refractivity (Wildman–Crippen MR) is 73.1 cm³/mol. The molecule has 0 atom stereocenters. The standard InChI is InChI=1S/C10H7BrN2.C3H6O2/c1-7-10(11)8-4-2-3-5-9(8)13(7)6-12;1-2-5-3-4/h2-5H,1H3;3H,2H2,1H3. The van der Waals surface area contributed by atoms with E-state index in [0.29, 0.717) is 13.1 Å². The molecule has 2 aromatic rings. The normalized spacial score (nSPS) is 9.22. The number of hydrogen-bond acceptors (Lipinski definition) is 3. The number of nitriles is 1. The van der Waals surface area contributed by atoms with Crippen LogP contribution in [0.2, 0.25) is 0 Å². The molecule has 0 aliphatic carbocycles. The minimum absolute atomic E-state index is 0.431. The van der Waals surface area contributed by atoms with Crippen LogP contribution in [-0.2, 0) is 9.53 Å². The molecule has 94 valence electrons. The molecule has 1 aromatic carbocycles. The average molecular weight is 309 g/mol. The molecular formula is C13H13BrN2O2. The van der Waals surface area contributed by atoms with Gasteiger partial charge in [-0.3, -0.25) is 9.36 Å². The molecule has 1 aromatic heterocycles. The molecule has 0 unspecified atom stereocenters. The summed E-state index contributed by atoms with van der Waals surface area (Å²) in [6.45, 7) is 4.59. The first-order valence-corrected chi connectivity index (χ1v) is 6.17. The summed E-state index contributed by atoms with van der Waals surface area (Å²) in [6, 6.07) is 7.84. The fourth-order valence-electron chi connectivity index (χ4n) is 1.52. The van der Waals surface area contributed by atoms with Crippen molar-refractivity contribution in [2.45, 2.75) is 13.8 Å². The van der Waals surface area contributed by atoms with Crippen LogP contribution >= 0.6 is 15.9 Å². The third-order valence-corrected chi connectivity index (χ3v) is 3.37. The van der Waals surface area contributed by atoms with Crippen LogP contribution < -0.4 is 0 Å². The second-order valence-corrected chi connectivity index (χ2v) is 4.20. The summed E-state index contributed by atoms with van der Waals surface area (Å²) in [7, 11) is 0. The maximum absolute atomic E-state index is 9.18. The third-order valence-electron chi connectivity index (χ3n) is 2.37. The van der Waals surface area contributed by atoms with Gasteiger partial charge >= 0.3 is 0 Å². The van der Waals surface area contributed by atoms with Crippen LogP contribution in [0.4, 0.5) is 0 Å². The van der Waals surface area contributed by atoms with Gasteiger partial charge < -0.3 is 4.74 Å². The molecule has 4 nitrogen and oxygen atoms in total. The highest BCUT2D eigenvalue weighted by atomic mass is 79.9. The van der Waals surface area contributed by atoms with E-state index in [0.717, 1.165) is 21.1 Å². The number of rotatable bonds is 2. The van der Waals surface area contributed by atoms with Gasteiger partial charge in [0.1, 0.15) is 0 Å². The van der Waals surface area contributed by atoms with E-state index in [1.807, 2.05) is 31.2 Å². The lowest BCUT2D eigenvalue weighted by Gasteiger charge is -1.92. The van der Waals surface area contributed by atoms with Crippen molar-refractivity contribution < 1.29 is 9.53 Å². The average Bonchev–Trinajstić information content (AvgIpc) is 2.64. The summed E-state index contributed by atoms with van der Waals surface area (Å²) in [6.07, 6.45) is 2.15. The van der Waals surface area contributed by atoms with Gasteiger partial charge in [0.05, 0.1) is 12.1 Å². The summed E-state index contributed by atoms with van der Waals surface area (Å²) < 4.78 is 6.78. The van der Waals surface area contributed by atoms with Gasteiger partial charge in [0.2, 0.25) is 0 Å². The van der Waals surface area contributed by atoms with Gasteiger partial charge in [0, 0.05) is 15.6 Å². The highest BCUT2D eigenvalue weighted by molar-refractivity contribution is 9.10. The molecular weight excluding hydrogens is 296 g/mol. The quantitative estimate of drug-likeness (QED) is 0.800. The number of halogens is 1. The van der Waals surface area contributed by atoms with Crippen LogP contribution in [0.1, 0.15) is 12.6 Å². The van der Waals surface area contributed by atoms with Gasteiger partial charge in [-0.05, 0) is 35.8 Å². The van der Waals surface area contributed by atoms with Crippen LogP contribution in [0.5, 0.6) is 0 Å². The van der Waals surface area contributed by atoms with E-state index in [1.54, 1.807) is 11.5 Å². The van der Waals surface area contributed by atoms with Gasteiger partial charge in [-0.15, -0.1) is 0 Å². The molecule has 0 N–H and O–H groups in total. The number of aromatic nitrogens is 1. The Balaban J connectivity index is 0.000000280. The number of nitrogens with zero attached hydrogens (tertiary/aromatic N) is 2. The molecule has 18 heavy (non-hydrogen) atoms. The predicted octanol–water partition coefficient (Wildman–Crippen LogP) is 3.22. The Morgan fingerprint density at radius 1 is 1.50 bits per heavy atom. The molecule has 0 spiro atoms. The zero-order valence-electron chi connectivity index (χ0n) is 10.2.